The number of likely N-dealkylation sites (N-methyl/N-ethyl adjacent to an activating group) is 1. The van der Waals surface area contributed by atoms with Gasteiger partial charge >= 0.3 is 30.9 Å². The number of benzene rings is 2. The average Bonchev–Trinajstić information content (AvgIpc) is 2.93. The fraction of sp³-hybridized carbons (Fsp3) is 0.346. The first-order valence-corrected chi connectivity index (χ1v) is 12.8. The van der Waals surface area contributed by atoms with Crippen molar-refractivity contribution in [1.82, 2.24) is 20.4 Å². The van der Waals surface area contributed by atoms with Crippen molar-refractivity contribution >= 4 is 36.8 Å². The van der Waals surface area contributed by atoms with Gasteiger partial charge in [-0.1, -0.05) is 36.4 Å². The van der Waals surface area contributed by atoms with Crippen molar-refractivity contribution in [3.8, 4) is 5.75 Å². The number of carbonyl (C=O) groups is 5. The van der Waals surface area contributed by atoms with E-state index < -0.39 is 48.8 Å². The molecule has 13 nitrogen and oxygen atoms in total. The Hall–Kier alpha value is -4.43. The van der Waals surface area contributed by atoms with Gasteiger partial charge in [-0.2, -0.15) is 0 Å². The zero-order valence-corrected chi connectivity index (χ0v) is 21.8. The van der Waals surface area contributed by atoms with E-state index in [0.717, 1.165) is 10.5 Å². The third-order valence-corrected chi connectivity index (χ3v) is 6.89. The average molecular weight is 551 g/mol. The van der Waals surface area contributed by atoms with Crippen molar-refractivity contribution in [2.45, 2.75) is 31.7 Å². The number of rotatable bonds is 8. The van der Waals surface area contributed by atoms with Crippen molar-refractivity contribution in [2.24, 2.45) is 5.73 Å². The summed E-state index contributed by atoms with van der Waals surface area (Å²) in [6.07, 6.45) is 0.663. The van der Waals surface area contributed by atoms with E-state index in [-0.39, 0.29) is 30.8 Å². The molecule has 1 fully saturated rings. The van der Waals surface area contributed by atoms with Crippen LogP contribution in [0, 0.1) is 0 Å². The SMILES string of the molecule is CCN1CCN(C(=O)NC(C(=O)NC2Cc3cccc(C(=O)O)c3OB2O)c2ccc(CCN)cc2)C(=O)C1=O. The number of piperazine rings is 1. The van der Waals surface area contributed by atoms with Crippen LogP contribution < -0.4 is 21.0 Å². The molecule has 2 aromatic rings. The van der Waals surface area contributed by atoms with Gasteiger partial charge in [-0.3, -0.25) is 19.3 Å². The molecule has 210 valence electrons. The molecular formula is C26H30BN5O8. The molecule has 0 bridgehead atoms. The van der Waals surface area contributed by atoms with Crippen LogP contribution in [0.15, 0.2) is 42.5 Å². The van der Waals surface area contributed by atoms with Crippen LogP contribution in [-0.2, 0) is 27.2 Å². The summed E-state index contributed by atoms with van der Waals surface area (Å²) in [7, 11) is -1.57. The molecular weight excluding hydrogens is 521 g/mol. The molecule has 2 aliphatic rings. The minimum atomic E-state index is -1.57. The van der Waals surface area contributed by atoms with Gasteiger partial charge in [0.15, 0.2) is 0 Å². The number of amides is 5. The number of nitrogens with two attached hydrogens (primary N) is 1. The Morgan fingerprint density at radius 2 is 1.85 bits per heavy atom. The molecule has 2 aromatic carbocycles. The van der Waals surface area contributed by atoms with Crippen LogP contribution in [0.3, 0.4) is 0 Å². The number of hydrogen-bond donors (Lipinski definition) is 5. The van der Waals surface area contributed by atoms with Crippen LogP contribution in [0.25, 0.3) is 0 Å². The lowest BCUT2D eigenvalue weighted by Gasteiger charge is -2.33. The highest BCUT2D eigenvalue weighted by Crippen LogP contribution is 2.30. The summed E-state index contributed by atoms with van der Waals surface area (Å²) in [4.78, 5) is 65.2. The van der Waals surface area contributed by atoms with E-state index in [1.54, 1.807) is 37.3 Å². The number of nitrogens with zero attached hydrogens (tertiary/aromatic N) is 2. The summed E-state index contributed by atoms with van der Waals surface area (Å²) in [5.41, 5.74) is 7.27. The van der Waals surface area contributed by atoms with Gasteiger partial charge in [-0.05, 0) is 49.1 Å². The number of nitrogens with one attached hydrogen (secondary N) is 2. The van der Waals surface area contributed by atoms with Crippen molar-refractivity contribution in [1.29, 1.82) is 0 Å². The van der Waals surface area contributed by atoms with Crippen molar-refractivity contribution in [3.63, 3.8) is 0 Å². The molecule has 14 heteroatoms. The molecule has 6 N–H and O–H groups in total. The quantitative estimate of drug-likeness (QED) is 0.212. The molecule has 0 aromatic heterocycles. The summed E-state index contributed by atoms with van der Waals surface area (Å²) < 4.78 is 5.45. The normalized spacial score (nSPS) is 17.6. The lowest BCUT2D eigenvalue weighted by Crippen LogP contribution is -2.60. The molecule has 2 aliphatic heterocycles. The Morgan fingerprint density at radius 3 is 2.50 bits per heavy atom. The number of imide groups is 1. The molecule has 5 amide bonds. The fourth-order valence-electron chi connectivity index (χ4n) is 4.70. The highest BCUT2D eigenvalue weighted by atomic mass is 16.5. The lowest BCUT2D eigenvalue weighted by atomic mass is 9.72. The van der Waals surface area contributed by atoms with E-state index in [1.165, 1.54) is 17.0 Å². The van der Waals surface area contributed by atoms with Gasteiger partial charge in [-0.15, -0.1) is 0 Å². The smallest absolute Gasteiger partial charge is 0.534 e. The molecule has 2 atom stereocenters. The second kappa shape index (κ2) is 12.2. The van der Waals surface area contributed by atoms with Gasteiger partial charge in [0.1, 0.15) is 11.8 Å². The molecule has 4 rings (SSSR count). The second-order valence-corrected chi connectivity index (χ2v) is 9.43. The summed E-state index contributed by atoms with van der Waals surface area (Å²) >= 11 is 0. The van der Waals surface area contributed by atoms with E-state index in [2.05, 4.69) is 10.6 Å². The topological polar surface area (TPSA) is 192 Å². The minimum absolute atomic E-state index is 0.0164. The second-order valence-electron chi connectivity index (χ2n) is 9.43. The molecule has 40 heavy (non-hydrogen) atoms. The maximum Gasteiger partial charge on any atom is 0.547 e. The first kappa shape index (κ1) is 28.6. The first-order valence-electron chi connectivity index (χ1n) is 12.8. The minimum Gasteiger partial charge on any atom is -0.534 e. The van der Waals surface area contributed by atoms with Gasteiger partial charge in [0, 0.05) is 19.6 Å². The number of urea groups is 1. The zero-order valence-electron chi connectivity index (χ0n) is 21.8. The molecule has 0 aliphatic carbocycles. The van der Waals surface area contributed by atoms with E-state index in [4.69, 9.17) is 10.4 Å². The number of hydrogen-bond acceptors (Lipinski definition) is 8. The molecule has 2 heterocycles. The molecule has 0 saturated carbocycles. The van der Waals surface area contributed by atoms with E-state index in [0.29, 0.717) is 30.6 Å². The maximum absolute atomic E-state index is 13.5. The molecule has 1 saturated heterocycles. The van der Waals surface area contributed by atoms with E-state index in [1.807, 2.05) is 0 Å². The van der Waals surface area contributed by atoms with Crippen LogP contribution in [0.1, 0.15) is 40.0 Å². The van der Waals surface area contributed by atoms with Crippen molar-refractivity contribution < 1.29 is 38.8 Å². The van der Waals surface area contributed by atoms with Crippen LogP contribution in [0.5, 0.6) is 5.75 Å². The number of aromatic carboxylic acids is 1. The number of carboxylic acid groups (broad SMARTS) is 1. The Labute approximate surface area is 230 Å². The number of fused-ring (bicyclic) bond motifs is 1. The van der Waals surface area contributed by atoms with Gasteiger partial charge < -0.3 is 36.1 Å². The standard InChI is InChI=1S/C26H30BN5O8/c1-2-31-12-13-32(24(35)23(31)34)26(38)30-20(16-8-6-15(7-9-16)10-11-28)22(33)29-19-14-17-4-3-5-18(25(36)37)21(17)40-27(19)39/h3-9,19-20,39H,2,10-14,28H2,1H3,(H,29,33)(H,30,38)(H,36,37). The van der Waals surface area contributed by atoms with Gasteiger partial charge in [-0.25, -0.2) is 9.59 Å². The Morgan fingerprint density at radius 1 is 1.12 bits per heavy atom. The van der Waals surface area contributed by atoms with E-state index >= 15 is 0 Å². The highest BCUT2D eigenvalue weighted by molar-refractivity contribution is 6.47. The van der Waals surface area contributed by atoms with Crippen LogP contribution in [-0.4, -0.2) is 88.9 Å². The predicted octanol–water partition coefficient (Wildman–Crippen LogP) is -0.533. The van der Waals surface area contributed by atoms with Gasteiger partial charge in [0.05, 0.1) is 11.5 Å². The Bertz CT molecular complexity index is 1320. The summed E-state index contributed by atoms with van der Waals surface area (Å²) in [5.74, 6) is -4.70. The van der Waals surface area contributed by atoms with E-state index in [9.17, 15) is 34.1 Å². The van der Waals surface area contributed by atoms with Gasteiger partial charge in [0.2, 0.25) is 5.91 Å². The molecule has 0 radical (unpaired) electrons. The van der Waals surface area contributed by atoms with Gasteiger partial charge in [0.25, 0.3) is 0 Å². The number of carboxylic acids is 1. The third-order valence-electron chi connectivity index (χ3n) is 6.89. The zero-order chi connectivity index (χ0) is 29.0. The monoisotopic (exact) mass is 551 g/mol. The third kappa shape index (κ3) is 5.92. The van der Waals surface area contributed by atoms with Crippen LogP contribution in [0.2, 0.25) is 0 Å². The summed E-state index contributed by atoms with van der Waals surface area (Å²) in [6, 6.07) is 9.07. The van der Waals surface area contributed by atoms with Crippen molar-refractivity contribution in [3.05, 3.63) is 64.7 Å². The lowest BCUT2D eigenvalue weighted by molar-refractivity contribution is -0.153. The Balaban J connectivity index is 1.56. The predicted molar refractivity (Wildman–Crippen MR) is 142 cm³/mol. The number of para-hydroxylation sites is 1. The highest BCUT2D eigenvalue weighted by Gasteiger charge is 2.40. The van der Waals surface area contributed by atoms with Crippen LogP contribution in [0.4, 0.5) is 4.79 Å². The largest absolute Gasteiger partial charge is 0.547 e. The summed E-state index contributed by atoms with van der Waals surface area (Å²) in [6.45, 7) is 2.60. The van der Waals surface area contributed by atoms with Crippen LogP contribution >= 0.6 is 0 Å². The Kier molecular flexibility index (Phi) is 8.70. The maximum atomic E-state index is 13.5. The molecule has 0 spiro atoms. The molecule has 2 unspecified atom stereocenters. The van der Waals surface area contributed by atoms with Crippen molar-refractivity contribution in [2.75, 3.05) is 26.2 Å². The summed E-state index contributed by atoms with van der Waals surface area (Å²) in [5, 5.41) is 25.2. The number of carbonyl (C=O) groups excluding carboxylic acids is 4. The fourth-order valence-corrected chi connectivity index (χ4v) is 4.70. The first-order chi connectivity index (χ1) is 19.1.